The monoisotopic (exact) mass is 234 g/mol. The van der Waals surface area contributed by atoms with Crippen molar-refractivity contribution in [3.8, 4) is 0 Å². The van der Waals surface area contributed by atoms with Crippen LogP contribution < -0.4 is 10.6 Å². The van der Waals surface area contributed by atoms with Crippen LogP contribution in [0.3, 0.4) is 0 Å². The minimum Gasteiger partial charge on any atom is -0.399 e. The third-order valence-corrected chi connectivity index (χ3v) is 3.23. The van der Waals surface area contributed by atoms with Crippen molar-refractivity contribution in [3.05, 3.63) is 24.3 Å². The molecule has 0 aliphatic carbocycles. The van der Waals surface area contributed by atoms with Gasteiger partial charge in [0.2, 0.25) is 0 Å². The highest BCUT2D eigenvalue weighted by atomic mass is 16.5. The largest absolute Gasteiger partial charge is 0.399 e. The van der Waals surface area contributed by atoms with Crippen molar-refractivity contribution < 1.29 is 4.74 Å². The number of nitrogens with zero attached hydrogens (tertiary/aromatic N) is 1. The molecule has 0 bridgehead atoms. The predicted octanol–water partition coefficient (Wildman–Crippen LogP) is 2.52. The summed E-state index contributed by atoms with van der Waals surface area (Å²) < 4.78 is 5.44. The van der Waals surface area contributed by atoms with Crippen molar-refractivity contribution in [2.45, 2.75) is 19.8 Å². The lowest BCUT2D eigenvalue weighted by Crippen LogP contribution is -2.30. The lowest BCUT2D eigenvalue weighted by atomic mass is 10.1. The maximum absolute atomic E-state index is 5.85. The van der Waals surface area contributed by atoms with E-state index in [9.17, 15) is 0 Å². The van der Waals surface area contributed by atoms with Crippen molar-refractivity contribution in [1.29, 1.82) is 0 Å². The summed E-state index contributed by atoms with van der Waals surface area (Å²) in [6, 6.07) is 8.16. The first-order chi connectivity index (χ1) is 8.29. The molecular formula is C14H22N2O. The molecule has 94 valence electrons. The van der Waals surface area contributed by atoms with Gasteiger partial charge < -0.3 is 15.4 Å². The third-order valence-electron chi connectivity index (χ3n) is 3.23. The van der Waals surface area contributed by atoms with E-state index in [1.165, 1.54) is 12.1 Å². The highest BCUT2D eigenvalue weighted by Crippen LogP contribution is 2.22. The van der Waals surface area contributed by atoms with E-state index in [1.54, 1.807) is 0 Å². The van der Waals surface area contributed by atoms with Gasteiger partial charge in [0.15, 0.2) is 0 Å². The molecule has 0 amide bonds. The van der Waals surface area contributed by atoms with Gasteiger partial charge in [0.25, 0.3) is 0 Å². The standard InChI is InChI=1S/C14H22N2O/c1-2-7-16(10-12-6-8-17-11-12)14-5-3-4-13(15)9-14/h3-5,9,12H,2,6-8,10-11,15H2,1H3. The van der Waals surface area contributed by atoms with E-state index in [0.29, 0.717) is 5.92 Å². The number of benzene rings is 1. The second-order valence-electron chi connectivity index (χ2n) is 4.77. The zero-order valence-corrected chi connectivity index (χ0v) is 10.6. The van der Waals surface area contributed by atoms with Crippen LogP contribution in [0.15, 0.2) is 24.3 Å². The van der Waals surface area contributed by atoms with E-state index >= 15 is 0 Å². The van der Waals surface area contributed by atoms with Gasteiger partial charge in [-0.05, 0) is 31.0 Å². The van der Waals surface area contributed by atoms with Crippen LogP contribution >= 0.6 is 0 Å². The summed E-state index contributed by atoms with van der Waals surface area (Å²) in [5, 5.41) is 0. The third kappa shape index (κ3) is 3.37. The predicted molar refractivity (Wildman–Crippen MR) is 72.3 cm³/mol. The number of anilines is 2. The van der Waals surface area contributed by atoms with E-state index in [1.807, 2.05) is 12.1 Å². The van der Waals surface area contributed by atoms with Crippen molar-refractivity contribution >= 4 is 11.4 Å². The van der Waals surface area contributed by atoms with Gasteiger partial charge in [0.1, 0.15) is 0 Å². The fourth-order valence-electron chi connectivity index (χ4n) is 2.36. The maximum atomic E-state index is 5.85. The molecule has 1 aromatic rings. The molecule has 17 heavy (non-hydrogen) atoms. The molecule has 0 radical (unpaired) electrons. The van der Waals surface area contributed by atoms with Crippen molar-refractivity contribution in [2.24, 2.45) is 5.92 Å². The maximum Gasteiger partial charge on any atom is 0.0512 e. The molecule has 1 aliphatic heterocycles. The number of nitrogens with two attached hydrogens (primary N) is 1. The van der Waals surface area contributed by atoms with Crippen molar-refractivity contribution in [3.63, 3.8) is 0 Å². The van der Waals surface area contributed by atoms with Crippen LogP contribution in [0.4, 0.5) is 11.4 Å². The van der Waals surface area contributed by atoms with Gasteiger partial charge in [-0.1, -0.05) is 13.0 Å². The van der Waals surface area contributed by atoms with Crippen LogP contribution in [0.2, 0.25) is 0 Å². The molecule has 1 saturated heterocycles. The second-order valence-corrected chi connectivity index (χ2v) is 4.77. The Labute approximate surface area is 104 Å². The lowest BCUT2D eigenvalue weighted by Gasteiger charge is -2.27. The Morgan fingerprint density at radius 3 is 3.00 bits per heavy atom. The van der Waals surface area contributed by atoms with Gasteiger partial charge in [-0.15, -0.1) is 0 Å². The molecule has 1 heterocycles. The zero-order valence-electron chi connectivity index (χ0n) is 10.6. The molecule has 1 unspecified atom stereocenters. The molecule has 0 spiro atoms. The summed E-state index contributed by atoms with van der Waals surface area (Å²) in [4.78, 5) is 2.43. The average molecular weight is 234 g/mol. The van der Waals surface area contributed by atoms with Gasteiger partial charge in [-0.25, -0.2) is 0 Å². The molecule has 1 fully saturated rings. The fourth-order valence-corrected chi connectivity index (χ4v) is 2.36. The SMILES string of the molecule is CCCN(CC1CCOC1)c1cccc(N)c1. The molecule has 0 saturated carbocycles. The highest BCUT2D eigenvalue weighted by molar-refractivity contribution is 5.55. The lowest BCUT2D eigenvalue weighted by molar-refractivity contribution is 0.186. The molecule has 3 heteroatoms. The molecule has 1 aliphatic rings. The van der Waals surface area contributed by atoms with Crippen LogP contribution in [0.25, 0.3) is 0 Å². The van der Waals surface area contributed by atoms with Crippen LogP contribution in [-0.2, 0) is 4.74 Å². The summed E-state index contributed by atoms with van der Waals surface area (Å²) in [6.07, 6.45) is 2.34. The Morgan fingerprint density at radius 2 is 2.35 bits per heavy atom. The summed E-state index contributed by atoms with van der Waals surface area (Å²) in [5.41, 5.74) is 7.92. The normalized spacial score (nSPS) is 19.5. The first-order valence-electron chi connectivity index (χ1n) is 6.48. The highest BCUT2D eigenvalue weighted by Gasteiger charge is 2.19. The van der Waals surface area contributed by atoms with Gasteiger partial charge in [-0.3, -0.25) is 0 Å². The van der Waals surface area contributed by atoms with Gasteiger partial charge >= 0.3 is 0 Å². The first-order valence-corrected chi connectivity index (χ1v) is 6.48. The molecule has 3 nitrogen and oxygen atoms in total. The molecule has 1 atom stereocenters. The van der Waals surface area contributed by atoms with Crippen molar-refractivity contribution in [2.75, 3.05) is 36.9 Å². The summed E-state index contributed by atoms with van der Waals surface area (Å²) in [7, 11) is 0. The molecule has 2 rings (SSSR count). The van der Waals surface area contributed by atoms with Crippen LogP contribution in [-0.4, -0.2) is 26.3 Å². The summed E-state index contributed by atoms with van der Waals surface area (Å²) in [5.74, 6) is 0.669. The van der Waals surface area contributed by atoms with E-state index in [-0.39, 0.29) is 0 Å². The zero-order chi connectivity index (χ0) is 12.1. The van der Waals surface area contributed by atoms with E-state index in [4.69, 9.17) is 10.5 Å². The number of nitrogen functional groups attached to an aromatic ring is 1. The fraction of sp³-hybridized carbons (Fsp3) is 0.571. The Bertz CT molecular complexity index is 348. The summed E-state index contributed by atoms with van der Waals surface area (Å²) in [6.45, 7) is 6.20. The van der Waals surface area contributed by atoms with E-state index in [2.05, 4.69) is 24.0 Å². The van der Waals surface area contributed by atoms with Crippen LogP contribution in [0, 0.1) is 5.92 Å². The first kappa shape index (κ1) is 12.2. The van der Waals surface area contributed by atoms with E-state index in [0.717, 1.165) is 38.4 Å². The minimum atomic E-state index is 0.669. The Kier molecular flexibility index (Phi) is 4.26. The van der Waals surface area contributed by atoms with Gasteiger partial charge in [0.05, 0.1) is 6.61 Å². The molecule has 1 aromatic carbocycles. The Morgan fingerprint density at radius 1 is 1.47 bits per heavy atom. The molecule has 0 aromatic heterocycles. The number of hydrogen-bond acceptors (Lipinski definition) is 3. The smallest absolute Gasteiger partial charge is 0.0512 e. The summed E-state index contributed by atoms with van der Waals surface area (Å²) >= 11 is 0. The van der Waals surface area contributed by atoms with Crippen molar-refractivity contribution in [1.82, 2.24) is 0 Å². The second kappa shape index (κ2) is 5.92. The minimum absolute atomic E-state index is 0.669. The van der Waals surface area contributed by atoms with E-state index < -0.39 is 0 Å². The average Bonchev–Trinajstić information content (AvgIpc) is 2.81. The number of rotatable bonds is 5. The quantitative estimate of drug-likeness (QED) is 0.796. The topological polar surface area (TPSA) is 38.5 Å². The molecule has 2 N–H and O–H groups in total. The van der Waals surface area contributed by atoms with Gasteiger partial charge in [-0.2, -0.15) is 0 Å². The Hall–Kier alpha value is -1.22. The van der Waals surface area contributed by atoms with Crippen LogP contribution in [0.1, 0.15) is 19.8 Å². The Balaban J connectivity index is 2.04. The molecular weight excluding hydrogens is 212 g/mol. The number of hydrogen-bond donors (Lipinski definition) is 1. The number of ether oxygens (including phenoxy) is 1. The van der Waals surface area contributed by atoms with Crippen LogP contribution in [0.5, 0.6) is 0 Å². The van der Waals surface area contributed by atoms with Gasteiger partial charge in [0, 0.05) is 37.0 Å².